The van der Waals surface area contributed by atoms with Crippen LogP contribution in [0.1, 0.15) is 25.5 Å². The summed E-state index contributed by atoms with van der Waals surface area (Å²) >= 11 is 5.96. The Morgan fingerprint density at radius 3 is 2.27 bits per heavy atom. The summed E-state index contributed by atoms with van der Waals surface area (Å²) < 4.78 is 10.5. The van der Waals surface area contributed by atoms with Gasteiger partial charge >= 0.3 is 0 Å². The van der Waals surface area contributed by atoms with Crippen LogP contribution in [0.3, 0.4) is 0 Å². The van der Waals surface area contributed by atoms with Crippen LogP contribution in [0.5, 0.6) is 11.5 Å². The first kappa shape index (κ1) is 20.1. The molecule has 0 aliphatic rings. The molecule has 2 rings (SSSR count). The Kier molecular flexibility index (Phi) is 7.30. The monoisotopic (exact) mass is 376 g/mol. The molecule has 0 heterocycles. The second-order valence-corrected chi connectivity index (χ2v) is 6.71. The van der Waals surface area contributed by atoms with E-state index in [4.69, 9.17) is 21.1 Å². The summed E-state index contributed by atoms with van der Waals surface area (Å²) in [4.78, 5) is 12.3. The lowest BCUT2D eigenvalue weighted by atomic mass is 9.96. The third kappa shape index (κ3) is 5.38. The van der Waals surface area contributed by atoms with Crippen LogP contribution in [0.4, 0.5) is 5.69 Å². The topological polar surface area (TPSA) is 59.6 Å². The molecule has 0 aliphatic carbocycles. The van der Waals surface area contributed by atoms with E-state index in [0.717, 1.165) is 5.56 Å². The molecular formula is C20H25ClN2O3. The molecule has 0 aliphatic heterocycles. The van der Waals surface area contributed by atoms with Gasteiger partial charge in [0.2, 0.25) is 5.91 Å². The highest BCUT2D eigenvalue weighted by atomic mass is 35.5. The molecule has 1 amide bonds. The van der Waals surface area contributed by atoms with Gasteiger partial charge in [0.25, 0.3) is 0 Å². The van der Waals surface area contributed by atoms with Gasteiger partial charge in [-0.1, -0.05) is 37.6 Å². The molecule has 2 aromatic carbocycles. The number of carbonyl (C=O) groups is 1. The van der Waals surface area contributed by atoms with Crippen molar-refractivity contribution in [2.75, 3.05) is 26.1 Å². The third-order valence-corrected chi connectivity index (χ3v) is 4.30. The average Bonchev–Trinajstić information content (AvgIpc) is 2.63. The maximum Gasteiger partial charge on any atom is 0.238 e. The molecule has 6 heteroatoms. The Morgan fingerprint density at radius 2 is 1.69 bits per heavy atom. The number of methoxy groups -OCH3 is 2. The molecule has 26 heavy (non-hydrogen) atoms. The molecule has 0 unspecified atom stereocenters. The first-order chi connectivity index (χ1) is 12.4. The maximum atomic E-state index is 12.3. The zero-order chi connectivity index (χ0) is 19.1. The summed E-state index contributed by atoms with van der Waals surface area (Å²) in [6.45, 7) is 4.41. The number of anilines is 1. The molecule has 0 aromatic heterocycles. The highest BCUT2D eigenvalue weighted by molar-refractivity contribution is 6.30. The van der Waals surface area contributed by atoms with Crippen molar-refractivity contribution in [2.45, 2.75) is 19.9 Å². The first-order valence-corrected chi connectivity index (χ1v) is 8.83. The van der Waals surface area contributed by atoms with E-state index in [1.165, 1.54) is 0 Å². The Hall–Kier alpha value is -2.24. The van der Waals surface area contributed by atoms with Crippen molar-refractivity contribution >= 4 is 23.2 Å². The summed E-state index contributed by atoms with van der Waals surface area (Å²) in [7, 11) is 3.13. The molecule has 0 saturated heterocycles. The number of carbonyl (C=O) groups excluding carboxylic acids is 1. The van der Waals surface area contributed by atoms with Crippen molar-refractivity contribution in [1.29, 1.82) is 0 Å². The van der Waals surface area contributed by atoms with Crippen LogP contribution < -0.4 is 20.1 Å². The number of halogens is 1. The van der Waals surface area contributed by atoms with Crippen LogP contribution in [0.15, 0.2) is 42.5 Å². The van der Waals surface area contributed by atoms with E-state index in [1.54, 1.807) is 32.4 Å². The number of hydrogen-bond donors (Lipinski definition) is 2. The van der Waals surface area contributed by atoms with Gasteiger partial charge in [-0.05, 0) is 35.7 Å². The highest BCUT2D eigenvalue weighted by Gasteiger charge is 2.17. The molecule has 0 saturated carbocycles. The van der Waals surface area contributed by atoms with E-state index in [-0.39, 0.29) is 18.5 Å². The fourth-order valence-corrected chi connectivity index (χ4v) is 2.86. The van der Waals surface area contributed by atoms with Crippen molar-refractivity contribution in [3.8, 4) is 11.5 Å². The fraction of sp³-hybridized carbons (Fsp3) is 0.350. The number of amides is 1. The van der Waals surface area contributed by atoms with Gasteiger partial charge < -0.3 is 20.1 Å². The second kappa shape index (κ2) is 9.46. The summed E-state index contributed by atoms with van der Waals surface area (Å²) in [6.07, 6.45) is 0. The van der Waals surface area contributed by atoms with E-state index in [1.807, 2.05) is 24.3 Å². The third-order valence-electron chi connectivity index (χ3n) is 4.05. The van der Waals surface area contributed by atoms with E-state index in [0.29, 0.717) is 28.1 Å². The van der Waals surface area contributed by atoms with Crippen LogP contribution in [-0.4, -0.2) is 26.7 Å². The molecule has 0 fully saturated rings. The quantitative estimate of drug-likeness (QED) is 0.721. The summed E-state index contributed by atoms with van der Waals surface area (Å²) in [5, 5.41) is 6.88. The van der Waals surface area contributed by atoms with Gasteiger partial charge in [0.15, 0.2) is 11.5 Å². The van der Waals surface area contributed by atoms with Crippen molar-refractivity contribution in [2.24, 2.45) is 5.92 Å². The molecule has 0 radical (unpaired) electrons. The standard InChI is InChI=1S/C20H25ClN2O3/c1-13(2)20(14-5-7-15(21)8-6-14)22-12-19(24)23-16-9-10-17(25-3)18(11-16)26-4/h5-11,13,20,22H,12H2,1-4H3,(H,23,24)/t20-/m0/s1. The molecule has 0 bridgehead atoms. The van der Waals surface area contributed by atoms with Gasteiger partial charge in [-0.3, -0.25) is 4.79 Å². The van der Waals surface area contributed by atoms with Gasteiger partial charge in [0.05, 0.1) is 20.8 Å². The molecule has 0 spiro atoms. The van der Waals surface area contributed by atoms with Crippen molar-refractivity contribution in [3.05, 3.63) is 53.1 Å². The normalized spacial score (nSPS) is 11.9. The largest absolute Gasteiger partial charge is 0.493 e. The molecule has 2 N–H and O–H groups in total. The van der Waals surface area contributed by atoms with Gasteiger partial charge in [-0.25, -0.2) is 0 Å². The summed E-state index contributed by atoms with van der Waals surface area (Å²) in [5.41, 5.74) is 1.75. The van der Waals surface area contributed by atoms with Gasteiger partial charge in [-0.2, -0.15) is 0 Å². The minimum atomic E-state index is -0.128. The van der Waals surface area contributed by atoms with E-state index < -0.39 is 0 Å². The van der Waals surface area contributed by atoms with Crippen molar-refractivity contribution in [3.63, 3.8) is 0 Å². The minimum Gasteiger partial charge on any atom is -0.493 e. The minimum absolute atomic E-state index is 0.0587. The van der Waals surface area contributed by atoms with Gasteiger partial charge in [0.1, 0.15) is 0 Å². The molecular weight excluding hydrogens is 352 g/mol. The lowest BCUT2D eigenvalue weighted by Gasteiger charge is -2.23. The maximum absolute atomic E-state index is 12.3. The predicted molar refractivity (Wildman–Crippen MR) is 105 cm³/mol. The zero-order valence-corrected chi connectivity index (χ0v) is 16.3. The van der Waals surface area contributed by atoms with Crippen molar-refractivity contribution < 1.29 is 14.3 Å². The Bertz CT molecular complexity index is 732. The predicted octanol–water partition coefficient (Wildman–Crippen LogP) is 4.28. The van der Waals surface area contributed by atoms with Gasteiger partial charge in [0, 0.05) is 22.8 Å². The zero-order valence-electron chi connectivity index (χ0n) is 15.5. The van der Waals surface area contributed by atoms with Crippen LogP contribution in [0, 0.1) is 5.92 Å². The number of ether oxygens (including phenoxy) is 2. The number of nitrogens with one attached hydrogen (secondary N) is 2. The SMILES string of the molecule is COc1ccc(NC(=O)CN[C@H](c2ccc(Cl)cc2)C(C)C)cc1OC. The lowest BCUT2D eigenvalue weighted by molar-refractivity contribution is -0.115. The van der Waals surface area contributed by atoms with Gasteiger partial charge in [-0.15, -0.1) is 0 Å². The average molecular weight is 377 g/mol. The fourth-order valence-electron chi connectivity index (χ4n) is 2.73. The number of hydrogen-bond acceptors (Lipinski definition) is 4. The van der Waals surface area contributed by atoms with E-state index in [9.17, 15) is 4.79 Å². The smallest absolute Gasteiger partial charge is 0.238 e. The Balaban J connectivity index is 1.99. The summed E-state index contributed by atoms with van der Waals surface area (Å²) in [5.74, 6) is 1.38. The Morgan fingerprint density at radius 1 is 1.04 bits per heavy atom. The van der Waals surface area contributed by atoms with Crippen LogP contribution in [0.25, 0.3) is 0 Å². The summed E-state index contributed by atoms with van der Waals surface area (Å²) in [6, 6.07) is 13.0. The molecule has 2 aromatic rings. The second-order valence-electron chi connectivity index (χ2n) is 6.27. The van der Waals surface area contributed by atoms with E-state index in [2.05, 4.69) is 24.5 Å². The molecule has 5 nitrogen and oxygen atoms in total. The number of benzene rings is 2. The van der Waals surface area contributed by atoms with E-state index >= 15 is 0 Å². The number of rotatable bonds is 8. The van der Waals surface area contributed by atoms with Crippen LogP contribution >= 0.6 is 11.6 Å². The van der Waals surface area contributed by atoms with Crippen LogP contribution in [0.2, 0.25) is 5.02 Å². The molecule has 1 atom stereocenters. The highest BCUT2D eigenvalue weighted by Crippen LogP contribution is 2.29. The lowest BCUT2D eigenvalue weighted by Crippen LogP contribution is -2.33. The molecule has 140 valence electrons. The Labute approximate surface area is 159 Å². The van der Waals surface area contributed by atoms with Crippen molar-refractivity contribution in [1.82, 2.24) is 5.32 Å². The van der Waals surface area contributed by atoms with Crippen LogP contribution in [-0.2, 0) is 4.79 Å². The first-order valence-electron chi connectivity index (χ1n) is 8.45.